The maximum absolute atomic E-state index is 13.4. The molecule has 0 amide bonds. The predicted octanol–water partition coefficient (Wildman–Crippen LogP) is 5.87. The minimum absolute atomic E-state index is 0.0699. The van der Waals surface area contributed by atoms with Crippen LogP contribution < -0.4 is 0 Å². The van der Waals surface area contributed by atoms with Crippen LogP contribution in [0.1, 0.15) is 54.9 Å². The number of thioether (sulfide) groups is 2. The van der Waals surface area contributed by atoms with Crippen LogP contribution in [0.15, 0.2) is 12.2 Å². The Hall–Kier alpha value is 0.207. The van der Waals surface area contributed by atoms with Crippen LogP contribution in [0.2, 0.25) is 18.1 Å². The van der Waals surface area contributed by atoms with Crippen molar-refractivity contribution in [3.05, 3.63) is 12.2 Å². The molecule has 0 saturated carbocycles. The van der Waals surface area contributed by atoms with Gasteiger partial charge in [0.2, 0.25) is 0 Å². The van der Waals surface area contributed by atoms with Gasteiger partial charge in [0.1, 0.15) is 10.7 Å². The summed E-state index contributed by atoms with van der Waals surface area (Å²) < 4.78 is 19.2. The van der Waals surface area contributed by atoms with Crippen molar-refractivity contribution >= 4 is 37.6 Å². The topological polar surface area (TPSA) is 44.8 Å². The molecule has 0 bridgehead atoms. The van der Waals surface area contributed by atoms with E-state index in [2.05, 4.69) is 59.9 Å². The Morgan fingerprint density at radius 1 is 1.14 bits per heavy atom. The molecule has 2 heterocycles. The van der Waals surface area contributed by atoms with E-state index in [1.54, 1.807) is 23.5 Å². The number of ketones is 1. The molecule has 0 aromatic rings. The number of rotatable bonds is 7. The van der Waals surface area contributed by atoms with Gasteiger partial charge < -0.3 is 13.9 Å². The second-order valence-electron chi connectivity index (χ2n) is 10.3. The van der Waals surface area contributed by atoms with Crippen LogP contribution in [0.25, 0.3) is 0 Å². The third-order valence-electron chi connectivity index (χ3n) is 5.72. The van der Waals surface area contributed by atoms with Crippen molar-refractivity contribution in [3.63, 3.8) is 0 Å². The molecule has 0 spiro atoms. The van der Waals surface area contributed by atoms with Crippen LogP contribution in [0.5, 0.6) is 0 Å². The molecule has 2 rings (SSSR count). The molecule has 7 heteroatoms. The van der Waals surface area contributed by atoms with E-state index < -0.39 is 26.3 Å². The molecule has 0 radical (unpaired) electrons. The molecule has 2 fully saturated rings. The Morgan fingerprint density at radius 2 is 1.72 bits per heavy atom. The normalized spacial score (nSPS) is 27.7. The maximum Gasteiger partial charge on any atom is 0.193 e. The fourth-order valence-corrected chi connectivity index (χ4v) is 7.14. The first kappa shape index (κ1) is 25.5. The van der Waals surface area contributed by atoms with E-state index in [0.29, 0.717) is 5.92 Å². The van der Waals surface area contributed by atoms with Crippen molar-refractivity contribution in [2.24, 2.45) is 5.92 Å². The maximum atomic E-state index is 13.4. The van der Waals surface area contributed by atoms with Crippen LogP contribution in [-0.4, -0.2) is 54.3 Å². The number of carbonyl (C=O) groups is 1. The molecule has 0 aliphatic carbocycles. The second kappa shape index (κ2) is 9.78. The summed E-state index contributed by atoms with van der Waals surface area (Å²) in [6.45, 7) is 19.3. The Kier molecular flexibility index (Phi) is 8.59. The molecule has 0 unspecified atom stereocenters. The molecule has 29 heavy (non-hydrogen) atoms. The van der Waals surface area contributed by atoms with E-state index >= 15 is 0 Å². The fraction of sp³-hybridized carbons (Fsp3) is 0.864. The minimum atomic E-state index is -2.07. The first-order valence-corrected chi connectivity index (χ1v) is 15.7. The van der Waals surface area contributed by atoms with Gasteiger partial charge in [-0.1, -0.05) is 46.8 Å². The number of Topliss-reactive ketones (excluding diaryl/α,β-unsaturated/α-hetero) is 1. The van der Waals surface area contributed by atoms with E-state index in [0.717, 1.165) is 17.9 Å². The van der Waals surface area contributed by atoms with Gasteiger partial charge in [0, 0.05) is 0 Å². The minimum Gasteiger partial charge on any atom is -0.408 e. The van der Waals surface area contributed by atoms with Crippen LogP contribution >= 0.6 is 23.5 Å². The Balaban J connectivity index is 2.32. The standard InChI is InChI=1S/C22H40O4S2Si/c1-15(2)11-12-16(26-29(8,9)21(3,4)5)18-19(25-22(6,7)24-18)17(23)20-27-13-10-14-28-20/h11-12,15-16,18-20H,10,13-14H2,1-9H3/b12-11+/t16-,18+,19+/m1/s1. The monoisotopic (exact) mass is 460 g/mol. The lowest BCUT2D eigenvalue weighted by Crippen LogP contribution is -2.50. The molecule has 2 aliphatic rings. The van der Waals surface area contributed by atoms with Crippen molar-refractivity contribution in [2.45, 2.75) is 102 Å². The first-order chi connectivity index (χ1) is 13.2. The van der Waals surface area contributed by atoms with Crippen molar-refractivity contribution < 1.29 is 18.7 Å². The summed E-state index contributed by atoms with van der Waals surface area (Å²) in [6.07, 6.45) is 4.09. The van der Waals surface area contributed by atoms with Crippen LogP contribution in [-0.2, 0) is 18.7 Å². The summed E-state index contributed by atoms with van der Waals surface area (Å²) in [7, 11) is -2.07. The zero-order chi connectivity index (χ0) is 22.0. The second-order valence-corrected chi connectivity index (χ2v) is 17.8. The summed E-state index contributed by atoms with van der Waals surface area (Å²) in [4.78, 5) is 13.4. The number of carbonyl (C=O) groups excluding carboxylic acids is 1. The third kappa shape index (κ3) is 6.84. The predicted molar refractivity (Wildman–Crippen MR) is 128 cm³/mol. The zero-order valence-corrected chi connectivity index (χ0v) is 22.2. The fourth-order valence-electron chi connectivity index (χ4n) is 3.10. The highest BCUT2D eigenvalue weighted by atomic mass is 32.2. The van der Waals surface area contributed by atoms with E-state index in [4.69, 9.17) is 13.9 Å². The van der Waals surface area contributed by atoms with Gasteiger partial charge in [-0.15, -0.1) is 23.5 Å². The molecule has 0 aromatic heterocycles. The van der Waals surface area contributed by atoms with E-state index in [1.165, 1.54) is 0 Å². The van der Waals surface area contributed by atoms with E-state index in [9.17, 15) is 4.79 Å². The first-order valence-electron chi connectivity index (χ1n) is 10.7. The summed E-state index contributed by atoms with van der Waals surface area (Å²) in [5, 5.41) is 0.0699. The third-order valence-corrected chi connectivity index (χ3v) is 13.1. The summed E-state index contributed by atoms with van der Waals surface area (Å²) in [5.41, 5.74) is 0. The van der Waals surface area contributed by atoms with Crippen LogP contribution in [0.3, 0.4) is 0 Å². The SMILES string of the molecule is CC(C)/C=C/[C@@H](O[Si](C)(C)C(C)(C)C)[C@@H]1OC(C)(C)O[C@H]1C(=O)C1SCCCS1. The quantitative estimate of drug-likeness (QED) is 0.349. The lowest BCUT2D eigenvalue weighted by molar-refractivity contribution is -0.156. The molecule has 168 valence electrons. The van der Waals surface area contributed by atoms with Crippen molar-refractivity contribution in [1.82, 2.24) is 0 Å². The highest BCUT2D eigenvalue weighted by Crippen LogP contribution is 2.42. The average Bonchev–Trinajstić information content (AvgIpc) is 2.93. The van der Waals surface area contributed by atoms with Crippen molar-refractivity contribution in [2.75, 3.05) is 11.5 Å². The average molecular weight is 461 g/mol. The molecular formula is C22H40O4S2Si. The number of ether oxygens (including phenoxy) is 2. The van der Waals surface area contributed by atoms with Crippen molar-refractivity contribution in [1.29, 1.82) is 0 Å². The highest BCUT2D eigenvalue weighted by molar-refractivity contribution is 8.18. The number of hydrogen-bond acceptors (Lipinski definition) is 6. The number of allylic oxidation sites excluding steroid dienone is 1. The zero-order valence-electron chi connectivity index (χ0n) is 19.6. The summed E-state index contributed by atoms with van der Waals surface area (Å²) >= 11 is 3.47. The summed E-state index contributed by atoms with van der Waals surface area (Å²) in [5.74, 6) is 1.80. The largest absolute Gasteiger partial charge is 0.408 e. The lowest BCUT2D eigenvalue weighted by Gasteiger charge is -2.40. The summed E-state index contributed by atoms with van der Waals surface area (Å²) in [6, 6.07) is 0. The molecule has 2 saturated heterocycles. The van der Waals surface area contributed by atoms with E-state index in [1.807, 2.05) is 13.8 Å². The molecule has 4 nitrogen and oxygen atoms in total. The molecule has 0 N–H and O–H groups in total. The van der Waals surface area contributed by atoms with Gasteiger partial charge in [0.15, 0.2) is 26.0 Å². The molecule has 0 aromatic carbocycles. The van der Waals surface area contributed by atoms with E-state index in [-0.39, 0.29) is 21.5 Å². The van der Waals surface area contributed by atoms with Gasteiger partial charge in [0.25, 0.3) is 0 Å². The molecule has 2 aliphatic heterocycles. The highest BCUT2D eigenvalue weighted by Gasteiger charge is 2.52. The Labute approximate surface area is 187 Å². The molecular weight excluding hydrogens is 420 g/mol. The van der Waals surface area contributed by atoms with Gasteiger partial charge in [0.05, 0.1) is 6.10 Å². The van der Waals surface area contributed by atoms with Crippen molar-refractivity contribution in [3.8, 4) is 0 Å². The lowest BCUT2D eigenvalue weighted by atomic mass is 10.0. The van der Waals surface area contributed by atoms with Crippen LogP contribution in [0, 0.1) is 5.92 Å². The van der Waals surface area contributed by atoms with Gasteiger partial charge in [-0.25, -0.2) is 0 Å². The van der Waals surface area contributed by atoms with Crippen LogP contribution in [0.4, 0.5) is 0 Å². The Morgan fingerprint density at radius 3 is 2.24 bits per heavy atom. The van der Waals surface area contributed by atoms with Gasteiger partial charge in [-0.05, 0) is 55.8 Å². The van der Waals surface area contributed by atoms with Gasteiger partial charge in [-0.2, -0.15) is 0 Å². The smallest absolute Gasteiger partial charge is 0.193 e. The number of hydrogen-bond donors (Lipinski definition) is 0. The Bertz CT molecular complexity index is 592. The van der Waals surface area contributed by atoms with Gasteiger partial charge >= 0.3 is 0 Å². The molecule has 3 atom stereocenters. The van der Waals surface area contributed by atoms with Gasteiger partial charge in [-0.3, -0.25) is 4.79 Å².